The van der Waals surface area contributed by atoms with Crippen LogP contribution in [-0.4, -0.2) is 37.5 Å². The fourth-order valence-electron chi connectivity index (χ4n) is 3.63. The van der Waals surface area contributed by atoms with Crippen LogP contribution in [0.2, 0.25) is 0 Å². The number of esters is 1. The number of rotatable bonds is 5. The summed E-state index contributed by atoms with van der Waals surface area (Å²) >= 11 is 0. The maximum Gasteiger partial charge on any atom is 0.356 e. The van der Waals surface area contributed by atoms with Crippen molar-refractivity contribution in [2.24, 2.45) is 0 Å². The van der Waals surface area contributed by atoms with Crippen LogP contribution in [0.15, 0.2) is 59.8 Å². The second kappa shape index (κ2) is 7.55. The van der Waals surface area contributed by atoms with E-state index in [0.29, 0.717) is 17.1 Å². The van der Waals surface area contributed by atoms with Crippen molar-refractivity contribution in [3.63, 3.8) is 0 Å². The van der Waals surface area contributed by atoms with E-state index in [1.807, 2.05) is 31.2 Å². The Hall–Kier alpha value is -3.81. The van der Waals surface area contributed by atoms with Crippen LogP contribution in [0.1, 0.15) is 12.5 Å². The average molecular weight is 407 g/mol. The number of hydrazine groups is 1. The number of para-hydroxylation sites is 2. The SMILES string of the molecule is CCOC(=O)C1=C2C(=O)N(c3ccccc3OC)C(=O)C2N(c2ccc(C)cc2)N1. The van der Waals surface area contributed by atoms with Crippen molar-refractivity contribution in [1.29, 1.82) is 0 Å². The molecule has 2 aromatic carbocycles. The number of nitrogens with zero attached hydrogens (tertiary/aromatic N) is 2. The minimum Gasteiger partial charge on any atom is -0.495 e. The van der Waals surface area contributed by atoms with Crippen molar-refractivity contribution in [1.82, 2.24) is 5.43 Å². The Morgan fingerprint density at radius 3 is 2.47 bits per heavy atom. The van der Waals surface area contributed by atoms with Crippen LogP contribution in [0.5, 0.6) is 5.75 Å². The Bertz CT molecular complexity index is 1060. The number of methoxy groups -OCH3 is 1. The monoisotopic (exact) mass is 407 g/mol. The van der Waals surface area contributed by atoms with Gasteiger partial charge in [0.05, 0.1) is 30.7 Å². The van der Waals surface area contributed by atoms with E-state index in [2.05, 4.69) is 5.43 Å². The zero-order valence-corrected chi connectivity index (χ0v) is 16.8. The van der Waals surface area contributed by atoms with Gasteiger partial charge in [-0.05, 0) is 38.1 Å². The lowest BCUT2D eigenvalue weighted by molar-refractivity contribution is -0.139. The highest BCUT2D eigenvalue weighted by molar-refractivity contribution is 6.34. The number of imide groups is 1. The Labute approximate surface area is 173 Å². The van der Waals surface area contributed by atoms with Gasteiger partial charge in [-0.1, -0.05) is 29.8 Å². The lowest BCUT2D eigenvalue weighted by Crippen LogP contribution is -2.46. The molecule has 0 saturated carbocycles. The van der Waals surface area contributed by atoms with Crippen LogP contribution in [0.3, 0.4) is 0 Å². The molecule has 0 spiro atoms. The summed E-state index contributed by atoms with van der Waals surface area (Å²) in [5, 5.41) is 1.52. The van der Waals surface area contributed by atoms with Gasteiger partial charge in [0.1, 0.15) is 5.75 Å². The van der Waals surface area contributed by atoms with E-state index in [4.69, 9.17) is 9.47 Å². The fraction of sp³-hybridized carbons (Fsp3) is 0.227. The number of aryl methyl sites for hydroxylation is 1. The Morgan fingerprint density at radius 2 is 1.80 bits per heavy atom. The number of carbonyl (C=O) groups is 3. The van der Waals surface area contributed by atoms with E-state index < -0.39 is 23.8 Å². The summed E-state index contributed by atoms with van der Waals surface area (Å²) in [6, 6.07) is 13.2. The van der Waals surface area contributed by atoms with Gasteiger partial charge in [-0.3, -0.25) is 20.0 Å². The minimum atomic E-state index is -0.996. The molecule has 1 N–H and O–H groups in total. The van der Waals surface area contributed by atoms with Crippen molar-refractivity contribution >= 4 is 29.2 Å². The standard InChI is InChI=1S/C22H21N3O5/c1-4-30-22(28)18-17-19(25(23-18)14-11-9-13(2)10-12-14)21(27)24(20(17)26)15-7-5-6-8-16(15)29-3/h5-12,19,23H,4H2,1-3H3. The summed E-state index contributed by atoms with van der Waals surface area (Å²) in [7, 11) is 1.47. The van der Waals surface area contributed by atoms with Gasteiger partial charge < -0.3 is 9.47 Å². The van der Waals surface area contributed by atoms with Gasteiger partial charge in [0.2, 0.25) is 0 Å². The fourth-order valence-corrected chi connectivity index (χ4v) is 3.63. The second-order valence-electron chi connectivity index (χ2n) is 6.88. The zero-order valence-electron chi connectivity index (χ0n) is 16.8. The number of nitrogens with one attached hydrogen (secondary N) is 1. The lowest BCUT2D eigenvalue weighted by Gasteiger charge is -2.26. The van der Waals surface area contributed by atoms with E-state index in [1.54, 1.807) is 31.2 Å². The van der Waals surface area contributed by atoms with E-state index in [0.717, 1.165) is 10.5 Å². The molecule has 1 fully saturated rings. The van der Waals surface area contributed by atoms with Crippen LogP contribution >= 0.6 is 0 Å². The number of hydrogen-bond donors (Lipinski definition) is 1. The van der Waals surface area contributed by atoms with Gasteiger partial charge in [-0.2, -0.15) is 0 Å². The van der Waals surface area contributed by atoms with E-state index in [9.17, 15) is 14.4 Å². The molecule has 1 saturated heterocycles. The van der Waals surface area contributed by atoms with Gasteiger partial charge in [-0.15, -0.1) is 0 Å². The van der Waals surface area contributed by atoms with Gasteiger partial charge in [-0.25, -0.2) is 9.69 Å². The highest BCUT2D eigenvalue weighted by Gasteiger charge is 2.55. The number of benzene rings is 2. The van der Waals surface area contributed by atoms with E-state index in [1.165, 1.54) is 12.1 Å². The van der Waals surface area contributed by atoms with Crippen LogP contribution in [-0.2, 0) is 19.1 Å². The molecule has 30 heavy (non-hydrogen) atoms. The topological polar surface area (TPSA) is 88.2 Å². The molecule has 1 unspecified atom stereocenters. The summed E-state index contributed by atoms with van der Waals surface area (Å²) in [6.07, 6.45) is 0. The third-order valence-corrected chi connectivity index (χ3v) is 5.04. The van der Waals surface area contributed by atoms with Crippen molar-refractivity contribution in [3.05, 3.63) is 65.4 Å². The first-order valence-corrected chi connectivity index (χ1v) is 9.53. The van der Waals surface area contributed by atoms with E-state index in [-0.39, 0.29) is 17.9 Å². The Kier molecular flexibility index (Phi) is 4.91. The van der Waals surface area contributed by atoms with Crippen LogP contribution < -0.4 is 20.1 Å². The Balaban J connectivity index is 1.83. The molecule has 4 rings (SSSR count). The number of hydrogen-bond acceptors (Lipinski definition) is 7. The van der Waals surface area contributed by atoms with Crippen LogP contribution in [0.25, 0.3) is 0 Å². The molecule has 2 aliphatic heterocycles. The van der Waals surface area contributed by atoms with Gasteiger partial charge in [0, 0.05) is 0 Å². The summed E-state index contributed by atoms with van der Waals surface area (Å²) in [5.74, 6) is -1.37. The van der Waals surface area contributed by atoms with Crippen molar-refractivity contribution in [3.8, 4) is 5.75 Å². The van der Waals surface area contributed by atoms with Crippen LogP contribution in [0, 0.1) is 6.92 Å². The first kappa shape index (κ1) is 19.5. The third kappa shape index (κ3) is 2.97. The third-order valence-electron chi connectivity index (χ3n) is 5.04. The average Bonchev–Trinajstić information content (AvgIpc) is 3.26. The highest BCUT2D eigenvalue weighted by atomic mass is 16.5. The smallest absolute Gasteiger partial charge is 0.356 e. The number of fused-ring (bicyclic) bond motifs is 1. The molecule has 2 aromatic rings. The maximum absolute atomic E-state index is 13.4. The molecule has 0 bridgehead atoms. The predicted molar refractivity (Wildman–Crippen MR) is 110 cm³/mol. The molecule has 154 valence electrons. The summed E-state index contributed by atoms with van der Waals surface area (Å²) in [5.41, 5.74) is 4.95. The van der Waals surface area contributed by atoms with Crippen LogP contribution in [0.4, 0.5) is 11.4 Å². The summed E-state index contributed by atoms with van der Waals surface area (Å²) < 4.78 is 10.4. The normalized spacial score (nSPS) is 17.9. The first-order valence-electron chi connectivity index (χ1n) is 9.53. The molecule has 0 aromatic heterocycles. The Morgan fingerprint density at radius 1 is 1.10 bits per heavy atom. The first-order chi connectivity index (χ1) is 14.5. The number of amides is 2. The molecule has 8 nitrogen and oxygen atoms in total. The van der Waals surface area contributed by atoms with Gasteiger partial charge in [0.15, 0.2) is 11.7 Å². The molecule has 2 heterocycles. The predicted octanol–water partition coefficient (Wildman–Crippen LogP) is 2.09. The molecule has 1 atom stereocenters. The number of ether oxygens (including phenoxy) is 2. The highest BCUT2D eigenvalue weighted by Crippen LogP contribution is 2.39. The molecule has 2 amide bonds. The summed E-state index contributed by atoms with van der Waals surface area (Å²) in [4.78, 5) is 40.4. The van der Waals surface area contributed by atoms with Crippen molar-refractivity contribution in [2.75, 3.05) is 23.6 Å². The largest absolute Gasteiger partial charge is 0.495 e. The van der Waals surface area contributed by atoms with E-state index >= 15 is 0 Å². The molecule has 8 heteroatoms. The molecule has 0 aliphatic carbocycles. The second-order valence-corrected chi connectivity index (χ2v) is 6.88. The molecular weight excluding hydrogens is 386 g/mol. The zero-order chi connectivity index (χ0) is 21.4. The maximum atomic E-state index is 13.4. The molecule has 2 aliphatic rings. The summed E-state index contributed by atoms with van der Waals surface area (Å²) in [6.45, 7) is 3.77. The van der Waals surface area contributed by atoms with Gasteiger partial charge in [0.25, 0.3) is 11.8 Å². The lowest BCUT2D eigenvalue weighted by atomic mass is 10.1. The quantitative estimate of drug-likeness (QED) is 0.600. The molecule has 0 radical (unpaired) electrons. The molecular formula is C22H21N3O5. The number of anilines is 2. The van der Waals surface area contributed by atoms with Crippen molar-refractivity contribution < 1.29 is 23.9 Å². The van der Waals surface area contributed by atoms with Gasteiger partial charge >= 0.3 is 5.97 Å². The van der Waals surface area contributed by atoms with Crippen molar-refractivity contribution in [2.45, 2.75) is 19.9 Å². The minimum absolute atomic E-state index is 0.0295. The number of carbonyl (C=O) groups excluding carboxylic acids is 3.